The van der Waals surface area contributed by atoms with Crippen LogP contribution in [0.25, 0.3) is 0 Å². The summed E-state index contributed by atoms with van der Waals surface area (Å²) in [5.74, 6) is -0.416. The van der Waals surface area contributed by atoms with Gasteiger partial charge in [-0.05, 0) is 44.0 Å². The number of aliphatic hydroxyl groups is 1. The maximum absolute atomic E-state index is 12.1. The Kier molecular flexibility index (Phi) is 4.20. The van der Waals surface area contributed by atoms with Crippen LogP contribution in [0.4, 0.5) is 5.69 Å². The van der Waals surface area contributed by atoms with Crippen LogP contribution >= 0.6 is 0 Å². The van der Waals surface area contributed by atoms with Gasteiger partial charge >= 0.3 is 0 Å². The van der Waals surface area contributed by atoms with Gasteiger partial charge in [-0.3, -0.25) is 4.79 Å². The summed E-state index contributed by atoms with van der Waals surface area (Å²) in [6.07, 6.45) is -1.16. The lowest BCUT2D eigenvalue weighted by molar-refractivity contribution is -0.124. The van der Waals surface area contributed by atoms with Gasteiger partial charge in [-0.25, -0.2) is 0 Å². The Morgan fingerprint density at radius 2 is 1.60 bits per heavy atom. The Hall–Kier alpha value is -2.13. The lowest BCUT2D eigenvalue weighted by Crippen LogP contribution is -2.21. The molecule has 104 valence electrons. The lowest BCUT2D eigenvalue weighted by atomic mass is 10.0. The molecule has 0 aromatic heterocycles. The second-order valence-electron chi connectivity index (χ2n) is 5.12. The van der Waals surface area contributed by atoms with E-state index in [4.69, 9.17) is 0 Å². The van der Waals surface area contributed by atoms with Crippen LogP contribution in [-0.2, 0) is 4.79 Å². The number of amides is 1. The number of nitrogens with one attached hydrogen (secondary N) is 1. The fourth-order valence-electron chi connectivity index (χ4n) is 2.12. The van der Waals surface area contributed by atoms with Gasteiger partial charge in [-0.1, -0.05) is 41.5 Å². The Balaban J connectivity index is 2.14. The smallest absolute Gasteiger partial charge is 0.257 e. The molecular weight excluding hydrogens is 250 g/mol. The highest BCUT2D eigenvalue weighted by molar-refractivity contribution is 5.94. The number of aryl methyl sites for hydroxylation is 3. The number of anilines is 1. The third-order valence-electron chi connectivity index (χ3n) is 3.29. The number of hydrogen-bond donors (Lipinski definition) is 2. The molecule has 0 fully saturated rings. The molecule has 3 nitrogen and oxygen atoms in total. The molecule has 0 aliphatic rings. The molecule has 0 aliphatic heterocycles. The predicted molar refractivity (Wildman–Crippen MR) is 80.7 cm³/mol. The van der Waals surface area contributed by atoms with Crippen molar-refractivity contribution in [1.29, 1.82) is 0 Å². The third-order valence-corrected chi connectivity index (χ3v) is 3.29. The standard InChI is InChI=1S/C17H19NO2/c1-11-4-7-14(8-5-11)18-17(20)16(19)15-9-6-12(2)10-13(15)3/h4-10,16,19H,1-3H3,(H,18,20). The van der Waals surface area contributed by atoms with Crippen LogP contribution < -0.4 is 5.32 Å². The first-order valence-corrected chi connectivity index (χ1v) is 6.60. The molecule has 1 amide bonds. The molecule has 2 rings (SSSR count). The van der Waals surface area contributed by atoms with Crippen molar-refractivity contribution in [3.63, 3.8) is 0 Å². The van der Waals surface area contributed by atoms with E-state index in [9.17, 15) is 9.90 Å². The van der Waals surface area contributed by atoms with Gasteiger partial charge in [0.1, 0.15) is 0 Å². The van der Waals surface area contributed by atoms with Crippen LogP contribution in [0.5, 0.6) is 0 Å². The summed E-state index contributed by atoms with van der Waals surface area (Å²) in [6.45, 7) is 5.86. The van der Waals surface area contributed by atoms with Crippen LogP contribution in [0.15, 0.2) is 42.5 Å². The molecule has 1 unspecified atom stereocenters. The lowest BCUT2D eigenvalue weighted by Gasteiger charge is -2.14. The molecule has 2 aromatic carbocycles. The molecule has 0 saturated carbocycles. The van der Waals surface area contributed by atoms with Crippen LogP contribution in [0.3, 0.4) is 0 Å². The average Bonchev–Trinajstić information content (AvgIpc) is 2.40. The van der Waals surface area contributed by atoms with Gasteiger partial charge in [-0.2, -0.15) is 0 Å². The van der Waals surface area contributed by atoms with Gasteiger partial charge in [0.2, 0.25) is 0 Å². The first-order chi connectivity index (χ1) is 9.47. The predicted octanol–water partition coefficient (Wildman–Crippen LogP) is 3.28. The van der Waals surface area contributed by atoms with Gasteiger partial charge in [0.15, 0.2) is 6.10 Å². The van der Waals surface area contributed by atoms with Crippen molar-refractivity contribution in [1.82, 2.24) is 0 Å². The number of carbonyl (C=O) groups excluding carboxylic acids is 1. The van der Waals surface area contributed by atoms with Crippen molar-refractivity contribution < 1.29 is 9.90 Å². The zero-order valence-electron chi connectivity index (χ0n) is 12.0. The zero-order chi connectivity index (χ0) is 14.7. The van der Waals surface area contributed by atoms with Gasteiger partial charge < -0.3 is 10.4 Å². The van der Waals surface area contributed by atoms with E-state index in [2.05, 4.69) is 5.32 Å². The summed E-state index contributed by atoms with van der Waals surface area (Å²) in [5, 5.41) is 12.9. The second kappa shape index (κ2) is 5.88. The van der Waals surface area contributed by atoms with Crippen molar-refractivity contribution in [2.75, 3.05) is 5.32 Å². The summed E-state index contributed by atoms with van der Waals surface area (Å²) in [5.41, 5.74) is 4.47. The van der Waals surface area contributed by atoms with Crippen LogP contribution in [0, 0.1) is 20.8 Å². The number of benzene rings is 2. The van der Waals surface area contributed by atoms with E-state index in [1.807, 2.05) is 57.2 Å². The number of carbonyl (C=O) groups is 1. The van der Waals surface area contributed by atoms with E-state index in [0.717, 1.165) is 16.7 Å². The number of rotatable bonds is 3. The van der Waals surface area contributed by atoms with E-state index < -0.39 is 12.0 Å². The zero-order valence-corrected chi connectivity index (χ0v) is 12.0. The highest BCUT2D eigenvalue weighted by Gasteiger charge is 2.19. The van der Waals surface area contributed by atoms with E-state index in [1.165, 1.54) is 0 Å². The minimum Gasteiger partial charge on any atom is -0.378 e. The minimum absolute atomic E-state index is 0.416. The largest absolute Gasteiger partial charge is 0.378 e. The van der Waals surface area contributed by atoms with Crippen LogP contribution in [-0.4, -0.2) is 11.0 Å². The molecule has 0 heterocycles. The normalized spacial score (nSPS) is 12.0. The van der Waals surface area contributed by atoms with Gasteiger partial charge in [0.25, 0.3) is 5.91 Å². The molecule has 1 atom stereocenters. The Bertz CT molecular complexity index is 617. The molecule has 0 bridgehead atoms. The highest BCUT2D eigenvalue weighted by Crippen LogP contribution is 2.20. The molecule has 3 heteroatoms. The fourth-order valence-corrected chi connectivity index (χ4v) is 2.12. The second-order valence-corrected chi connectivity index (χ2v) is 5.12. The minimum atomic E-state index is -1.16. The summed E-state index contributed by atoms with van der Waals surface area (Å²) in [6, 6.07) is 13.1. The van der Waals surface area contributed by atoms with Crippen LogP contribution in [0.2, 0.25) is 0 Å². The Morgan fingerprint density at radius 1 is 1.00 bits per heavy atom. The number of hydrogen-bond acceptors (Lipinski definition) is 2. The summed E-state index contributed by atoms with van der Waals surface area (Å²) < 4.78 is 0. The summed E-state index contributed by atoms with van der Waals surface area (Å²) in [7, 11) is 0. The quantitative estimate of drug-likeness (QED) is 0.898. The van der Waals surface area contributed by atoms with E-state index >= 15 is 0 Å². The SMILES string of the molecule is Cc1ccc(NC(=O)C(O)c2ccc(C)cc2C)cc1. The van der Waals surface area contributed by atoms with Gasteiger partial charge in [0, 0.05) is 5.69 Å². The third kappa shape index (κ3) is 3.25. The molecule has 0 radical (unpaired) electrons. The summed E-state index contributed by atoms with van der Waals surface area (Å²) >= 11 is 0. The monoisotopic (exact) mass is 269 g/mol. The molecular formula is C17H19NO2. The van der Waals surface area contributed by atoms with Crippen molar-refractivity contribution >= 4 is 11.6 Å². The number of aliphatic hydroxyl groups excluding tert-OH is 1. The highest BCUT2D eigenvalue weighted by atomic mass is 16.3. The Labute approximate surface area is 119 Å². The molecule has 2 N–H and O–H groups in total. The van der Waals surface area contributed by atoms with Crippen molar-refractivity contribution in [3.8, 4) is 0 Å². The Morgan fingerprint density at radius 3 is 2.20 bits per heavy atom. The van der Waals surface area contributed by atoms with Gasteiger partial charge in [0.05, 0.1) is 0 Å². The van der Waals surface area contributed by atoms with Crippen LogP contribution in [0.1, 0.15) is 28.4 Å². The first kappa shape index (κ1) is 14.3. The molecule has 20 heavy (non-hydrogen) atoms. The summed E-state index contributed by atoms with van der Waals surface area (Å²) in [4.78, 5) is 12.1. The van der Waals surface area contributed by atoms with Crippen molar-refractivity contribution in [3.05, 3.63) is 64.7 Å². The average molecular weight is 269 g/mol. The van der Waals surface area contributed by atoms with E-state index in [-0.39, 0.29) is 0 Å². The molecule has 2 aromatic rings. The molecule has 0 aliphatic carbocycles. The topological polar surface area (TPSA) is 49.3 Å². The maximum atomic E-state index is 12.1. The van der Waals surface area contributed by atoms with E-state index in [0.29, 0.717) is 11.3 Å². The van der Waals surface area contributed by atoms with E-state index in [1.54, 1.807) is 6.07 Å². The maximum Gasteiger partial charge on any atom is 0.257 e. The van der Waals surface area contributed by atoms with Crippen molar-refractivity contribution in [2.24, 2.45) is 0 Å². The van der Waals surface area contributed by atoms with Crippen molar-refractivity contribution in [2.45, 2.75) is 26.9 Å². The first-order valence-electron chi connectivity index (χ1n) is 6.60. The molecule has 0 spiro atoms. The fraction of sp³-hybridized carbons (Fsp3) is 0.235. The van der Waals surface area contributed by atoms with Gasteiger partial charge in [-0.15, -0.1) is 0 Å². The molecule has 0 saturated heterocycles.